The summed E-state index contributed by atoms with van der Waals surface area (Å²) in [4.78, 5) is 24.1. The standard InChI is InChI=1S/C13H14BrN3O4/c1-21-6-5-16(4-2-3-15)13(18)10-7-11(14)9-12(8-10)17(19)20/h7-9H,2,4-6H2,1H3. The monoisotopic (exact) mass is 355 g/mol. The first-order valence-corrected chi connectivity index (χ1v) is 6.89. The molecule has 0 spiro atoms. The fourth-order valence-corrected chi connectivity index (χ4v) is 2.17. The molecule has 21 heavy (non-hydrogen) atoms. The van der Waals surface area contributed by atoms with Crippen LogP contribution in [0.4, 0.5) is 5.69 Å². The minimum Gasteiger partial charge on any atom is -0.383 e. The number of carbonyl (C=O) groups excluding carboxylic acids is 1. The molecule has 0 radical (unpaired) electrons. The Morgan fingerprint density at radius 1 is 1.48 bits per heavy atom. The number of nitriles is 1. The Balaban J connectivity index is 3.01. The minimum atomic E-state index is -0.559. The molecule has 1 rings (SSSR count). The number of nitro groups is 1. The highest BCUT2D eigenvalue weighted by Crippen LogP contribution is 2.22. The topological polar surface area (TPSA) is 96.5 Å². The van der Waals surface area contributed by atoms with Gasteiger partial charge in [-0.3, -0.25) is 14.9 Å². The van der Waals surface area contributed by atoms with E-state index in [0.29, 0.717) is 17.6 Å². The maximum Gasteiger partial charge on any atom is 0.271 e. The van der Waals surface area contributed by atoms with Gasteiger partial charge in [0.1, 0.15) is 0 Å². The normalized spacial score (nSPS) is 9.95. The van der Waals surface area contributed by atoms with E-state index < -0.39 is 4.92 Å². The van der Waals surface area contributed by atoms with E-state index in [9.17, 15) is 14.9 Å². The van der Waals surface area contributed by atoms with Gasteiger partial charge in [-0.25, -0.2) is 0 Å². The summed E-state index contributed by atoms with van der Waals surface area (Å²) >= 11 is 3.15. The summed E-state index contributed by atoms with van der Waals surface area (Å²) in [6, 6.07) is 6.03. The van der Waals surface area contributed by atoms with Gasteiger partial charge in [0.05, 0.1) is 24.0 Å². The molecule has 0 heterocycles. The highest BCUT2D eigenvalue weighted by molar-refractivity contribution is 9.10. The molecule has 1 aromatic carbocycles. The van der Waals surface area contributed by atoms with Gasteiger partial charge >= 0.3 is 0 Å². The Hall–Kier alpha value is -1.98. The van der Waals surface area contributed by atoms with E-state index >= 15 is 0 Å². The summed E-state index contributed by atoms with van der Waals surface area (Å²) in [5.41, 5.74) is 0.0322. The molecule has 112 valence electrons. The second kappa shape index (κ2) is 8.34. The zero-order valence-corrected chi connectivity index (χ0v) is 13.0. The summed E-state index contributed by atoms with van der Waals surface area (Å²) < 4.78 is 5.38. The average molecular weight is 356 g/mol. The number of hydrogen-bond donors (Lipinski definition) is 0. The molecule has 0 aliphatic rings. The largest absolute Gasteiger partial charge is 0.383 e. The number of benzene rings is 1. The van der Waals surface area contributed by atoms with Crippen molar-refractivity contribution in [1.82, 2.24) is 4.90 Å². The Morgan fingerprint density at radius 2 is 2.19 bits per heavy atom. The van der Waals surface area contributed by atoms with E-state index in [1.807, 2.05) is 6.07 Å². The first kappa shape index (κ1) is 17.1. The summed E-state index contributed by atoms with van der Waals surface area (Å²) in [5.74, 6) is -0.369. The van der Waals surface area contributed by atoms with Crippen LogP contribution in [0.2, 0.25) is 0 Å². The first-order chi connectivity index (χ1) is 9.99. The van der Waals surface area contributed by atoms with E-state index in [-0.39, 0.29) is 30.1 Å². The Kier molecular flexibility index (Phi) is 6.78. The Bertz CT molecular complexity index is 571. The number of hydrogen-bond acceptors (Lipinski definition) is 5. The lowest BCUT2D eigenvalue weighted by Gasteiger charge is -2.21. The van der Waals surface area contributed by atoms with E-state index in [2.05, 4.69) is 15.9 Å². The predicted molar refractivity (Wildman–Crippen MR) is 78.8 cm³/mol. The van der Waals surface area contributed by atoms with Gasteiger partial charge < -0.3 is 9.64 Å². The van der Waals surface area contributed by atoms with Crippen LogP contribution in [0.5, 0.6) is 0 Å². The van der Waals surface area contributed by atoms with E-state index in [4.69, 9.17) is 10.00 Å². The summed E-state index contributed by atoms with van der Waals surface area (Å²) in [6.45, 7) is 0.892. The van der Waals surface area contributed by atoms with Crippen molar-refractivity contribution < 1.29 is 14.5 Å². The lowest BCUT2D eigenvalue weighted by Crippen LogP contribution is -2.34. The van der Waals surface area contributed by atoms with Gasteiger partial charge in [0.2, 0.25) is 0 Å². The molecular formula is C13H14BrN3O4. The van der Waals surface area contributed by atoms with Crippen molar-refractivity contribution in [3.63, 3.8) is 0 Å². The summed E-state index contributed by atoms with van der Waals surface area (Å²) in [5, 5.41) is 19.5. The van der Waals surface area contributed by atoms with Crippen molar-refractivity contribution in [2.45, 2.75) is 6.42 Å². The predicted octanol–water partition coefficient (Wildman–Crippen LogP) is 2.36. The molecule has 1 amide bonds. The third kappa shape index (κ3) is 5.13. The fourth-order valence-electron chi connectivity index (χ4n) is 1.69. The molecule has 8 heteroatoms. The number of halogens is 1. The van der Waals surface area contributed by atoms with Crippen molar-refractivity contribution in [2.75, 3.05) is 26.8 Å². The Morgan fingerprint density at radius 3 is 2.76 bits per heavy atom. The lowest BCUT2D eigenvalue weighted by molar-refractivity contribution is -0.385. The number of rotatable bonds is 7. The summed E-state index contributed by atoms with van der Waals surface area (Å²) in [7, 11) is 1.51. The zero-order valence-electron chi connectivity index (χ0n) is 11.4. The van der Waals surface area contributed by atoms with Crippen LogP contribution in [-0.2, 0) is 4.74 Å². The van der Waals surface area contributed by atoms with Gasteiger partial charge in [-0.05, 0) is 6.07 Å². The van der Waals surface area contributed by atoms with Crippen LogP contribution in [-0.4, -0.2) is 42.5 Å². The van der Waals surface area contributed by atoms with Gasteiger partial charge in [-0.1, -0.05) is 15.9 Å². The molecule has 0 saturated heterocycles. The maximum atomic E-state index is 12.4. The van der Waals surface area contributed by atoms with E-state index in [0.717, 1.165) is 0 Å². The molecule has 0 fully saturated rings. The lowest BCUT2D eigenvalue weighted by atomic mass is 10.1. The molecule has 0 aromatic heterocycles. The van der Waals surface area contributed by atoms with Gasteiger partial charge in [0, 0.05) is 42.4 Å². The number of methoxy groups -OCH3 is 1. The van der Waals surface area contributed by atoms with Gasteiger partial charge in [0.15, 0.2) is 0 Å². The van der Waals surface area contributed by atoms with E-state index in [1.165, 1.54) is 30.2 Å². The number of non-ortho nitro benzene ring substituents is 1. The van der Waals surface area contributed by atoms with E-state index in [1.54, 1.807) is 0 Å². The second-order valence-corrected chi connectivity index (χ2v) is 5.06. The van der Waals surface area contributed by atoms with Crippen LogP contribution in [0.15, 0.2) is 22.7 Å². The minimum absolute atomic E-state index is 0.167. The molecule has 0 unspecified atom stereocenters. The second-order valence-electron chi connectivity index (χ2n) is 4.15. The molecule has 0 atom stereocenters. The zero-order chi connectivity index (χ0) is 15.8. The van der Waals surface area contributed by atoms with Crippen molar-refractivity contribution in [3.8, 4) is 6.07 Å². The van der Waals surface area contributed by atoms with Crippen molar-refractivity contribution in [3.05, 3.63) is 38.3 Å². The van der Waals surface area contributed by atoms with Gasteiger partial charge in [0.25, 0.3) is 11.6 Å². The third-order valence-electron chi connectivity index (χ3n) is 2.69. The Labute approximate surface area is 130 Å². The SMILES string of the molecule is COCCN(CCC#N)C(=O)c1cc(Br)cc([N+](=O)[O-])c1. The third-order valence-corrected chi connectivity index (χ3v) is 3.14. The van der Waals surface area contributed by atoms with Crippen LogP contribution in [0.1, 0.15) is 16.8 Å². The molecule has 0 saturated carbocycles. The molecule has 0 N–H and O–H groups in total. The van der Waals surface area contributed by atoms with Crippen molar-refractivity contribution >= 4 is 27.5 Å². The molecule has 0 bridgehead atoms. The van der Waals surface area contributed by atoms with Crippen LogP contribution >= 0.6 is 15.9 Å². The fraction of sp³-hybridized carbons (Fsp3) is 0.385. The number of ether oxygens (including phenoxy) is 1. The highest BCUT2D eigenvalue weighted by Gasteiger charge is 2.19. The maximum absolute atomic E-state index is 12.4. The van der Waals surface area contributed by atoms with Crippen molar-refractivity contribution in [1.29, 1.82) is 5.26 Å². The quantitative estimate of drug-likeness (QED) is 0.552. The average Bonchev–Trinajstić information content (AvgIpc) is 2.46. The van der Waals surface area contributed by atoms with Gasteiger partial charge in [-0.15, -0.1) is 0 Å². The molecule has 0 aliphatic carbocycles. The smallest absolute Gasteiger partial charge is 0.271 e. The van der Waals surface area contributed by atoms with Crippen LogP contribution in [0.25, 0.3) is 0 Å². The van der Waals surface area contributed by atoms with Crippen molar-refractivity contribution in [2.24, 2.45) is 0 Å². The number of nitro benzene ring substituents is 1. The number of carbonyl (C=O) groups is 1. The van der Waals surface area contributed by atoms with Crippen LogP contribution < -0.4 is 0 Å². The molecule has 0 aliphatic heterocycles. The highest BCUT2D eigenvalue weighted by atomic mass is 79.9. The van der Waals surface area contributed by atoms with Crippen LogP contribution in [0, 0.1) is 21.4 Å². The van der Waals surface area contributed by atoms with Gasteiger partial charge in [-0.2, -0.15) is 5.26 Å². The molecule has 7 nitrogen and oxygen atoms in total. The van der Waals surface area contributed by atoms with Crippen LogP contribution in [0.3, 0.4) is 0 Å². The number of nitrogens with zero attached hydrogens (tertiary/aromatic N) is 3. The first-order valence-electron chi connectivity index (χ1n) is 6.09. The summed E-state index contributed by atoms with van der Waals surface area (Å²) in [6.07, 6.45) is 0.186. The molecular weight excluding hydrogens is 342 g/mol. The molecule has 1 aromatic rings. The number of amides is 1.